The number of carbonyl (C=O) groups is 1. The summed E-state index contributed by atoms with van der Waals surface area (Å²) in [6.07, 6.45) is 0. The van der Waals surface area contributed by atoms with Gasteiger partial charge in [0.2, 0.25) is 0 Å². The Hall–Kier alpha value is -2.50. The van der Waals surface area contributed by atoms with Gasteiger partial charge in [-0.15, -0.1) is 0 Å². The second kappa shape index (κ2) is 8.25. The van der Waals surface area contributed by atoms with Gasteiger partial charge in [-0.1, -0.05) is 49.2 Å². The van der Waals surface area contributed by atoms with Gasteiger partial charge in [0, 0.05) is 21.1 Å². The highest BCUT2D eigenvalue weighted by Crippen LogP contribution is 2.31. The van der Waals surface area contributed by atoms with E-state index in [4.69, 9.17) is 28.2 Å². The highest BCUT2D eigenvalue weighted by Gasteiger charge is 2.13. The van der Waals surface area contributed by atoms with E-state index in [9.17, 15) is 4.79 Å². The quantitative estimate of drug-likeness (QED) is 0.429. The van der Waals surface area contributed by atoms with Crippen molar-refractivity contribution in [3.63, 3.8) is 0 Å². The molecule has 0 fully saturated rings. The third-order valence-corrected chi connectivity index (χ3v) is 4.88. The van der Waals surface area contributed by atoms with Crippen molar-refractivity contribution in [2.75, 3.05) is 10.7 Å². The highest BCUT2D eigenvalue weighted by molar-refractivity contribution is 6.35. The van der Waals surface area contributed by atoms with E-state index in [-0.39, 0.29) is 0 Å². The van der Waals surface area contributed by atoms with E-state index >= 15 is 0 Å². The van der Waals surface area contributed by atoms with E-state index in [1.807, 2.05) is 13.0 Å². The first-order valence-corrected chi connectivity index (χ1v) is 9.70. The summed E-state index contributed by atoms with van der Waals surface area (Å²) >= 11 is 11.9. The number of hydrazine groups is 1. The minimum absolute atomic E-state index is 0.314. The smallest absolute Gasteiger partial charge is 0.306 e. The number of nitrogens with zero attached hydrogens (tertiary/aromatic N) is 1. The molecule has 1 aromatic heterocycles. The number of aromatic nitrogens is 1. The summed E-state index contributed by atoms with van der Waals surface area (Å²) in [4.78, 5) is 16.9. The summed E-state index contributed by atoms with van der Waals surface area (Å²) in [5.74, 6) is 0.887. The van der Waals surface area contributed by atoms with Crippen LogP contribution in [-0.4, -0.2) is 11.0 Å². The molecule has 0 aliphatic rings. The minimum Gasteiger partial charge on any atom is -0.306 e. The predicted molar refractivity (Wildman–Crippen MR) is 118 cm³/mol. The minimum atomic E-state index is -0.452. The van der Waals surface area contributed by atoms with Crippen molar-refractivity contribution in [2.45, 2.75) is 33.6 Å². The highest BCUT2D eigenvalue weighted by atomic mass is 35.5. The lowest BCUT2D eigenvalue weighted by Crippen LogP contribution is -2.34. The zero-order valence-corrected chi connectivity index (χ0v) is 17.7. The van der Waals surface area contributed by atoms with Crippen LogP contribution in [0.1, 0.15) is 36.5 Å². The Morgan fingerprint density at radius 1 is 1.00 bits per heavy atom. The van der Waals surface area contributed by atoms with Gasteiger partial charge in [0.15, 0.2) is 0 Å². The number of carbonyl (C=O) groups excluding carboxylic acids is 1. The number of pyridine rings is 1. The maximum atomic E-state index is 12.2. The molecule has 0 saturated heterocycles. The van der Waals surface area contributed by atoms with Crippen molar-refractivity contribution >= 4 is 51.6 Å². The number of anilines is 2. The molecule has 0 aliphatic heterocycles. The van der Waals surface area contributed by atoms with Crippen LogP contribution in [0.2, 0.25) is 10.0 Å². The molecule has 5 nitrogen and oxygen atoms in total. The van der Waals surface area contributed by atoms with E-state index in [1.165, 1.54) is 16.5 Å². The van der Waals surface area contributed by atoms with Gasteiger partial charge in [-0.25, -0.2) is 9.78 Å². The topological polar surface area (TPSA) is 66.0 Å². The number of benzene rings is 2. The summed E-state index contributed by atoms with van der Waals surface area (Å²) in [6, 6.07) is 10.5. The normalized spacial score (nSPS) is 11.0. The molecule has 3 aromatic rings. The number of urea groups is 1. The van der Waals surface area contributed by atoms with Crippen molar-refractivity contribution in [1.82, 2.24) is 10.4 Å². The van der Waals surface area contributed by atoms with Crippen molar-refractivity contribution in [3.05, 3.63) is 63.1 Å². The predicted octanol–water partition coefficient (Wildman–Crippen LogP) is 6.43. The molecule has 2 amide bonds. The molecule has 0 unspecified atom stereocenters. The molecular weight excluding hydrogens is 395 g/mol. The molecule has 3 rings (SSSR count). The van der Waals surface area contributed by atoms with Gasteiger partial charge in [0.05, 0.1) is 5.52 Å². The van der Waals surface area contributed by atoms with E-state index in [0.29, 0.717) is 27.5 Å². The third-order valence-electron chi connectivity index (χ3n) is 4.45. The monoisotopic (exact) mass is 416 g/mol. The number of aryl methyl sites for hydroxylation is 2. The molecule has 146 valence electrons. The van der Waals surface area contributed by atoms with Crippen LogP contribution >= 0.6 is 23.2 Å². The van der Waals surface area contributed by atoms with Crippen LogP contribution in [0.5, 0.6) is 0 Å². The van der Waals surface area contributed by atoms with Gasteiger partial charge in [-0.05, 0) is 60.7 Å². The first kappa shape index (κ1) is 20.2. The van der Waals surface area contributed by atoms with Crippen molar-refractivity contribution < 1.29 is 4.79 Å². The summed E-state index contributed by atoms with van der Waals surface area (Å²) < 4.78 is 0. The SMILES string of the molecule is Cc1ccc(C)c2c(C(C)C)cc(NNC(=O)Nc3cc(Cl)cc(Cl)c3)nc12. The Morgan fingerprint density at radius 3 is 2.29 bits per heavy atom. The molecule has 3 N–H and O–H groups in total. The van der Waals surface area contributed by atoms with E-state index < -0.39 is 6.03 Å². The Kier molecular flexibility index (Phi) is 5.96. The number of hydrogen-bond donors (Lipinski definition) is 3. The van der Waals surface area contributed by atoms with Crippen molar-refractivity contribution in [1.29, 1.82) is 0 Å². The standard InChI is InChI=1S/C21H22Cl2N4O/c1-11(2)17-10-18(25-20-13(4)6-5-12(3)19(17)20)26-27-21(28)24-16-8-14(22)7-15(23)9-16/h5-11H,1-4H3,(H,25,26)(H2,24,27,28). The Morgan fingerprint density at radius 2 is 1.64 bits per heavy atom. The van der Waals surface area contributed by atoms with Gasteiger partial charge in [-0.3, -0.25) is 10.9 Å². The third kappa shape index (κ3) is 4.49. The van der Waals surface area contributed by atoms with Crippen LogP contribution in [0.15, 0.2) is 36.4 Å². The van der Waals surface area contributed by atoms with Gasteiger partial charge in [-0.2, -0.15) is 0 Å². The number of fused-ring (bicyclic) bond motifs is 1. The molecule has 1 heterocycles. The summed E-state index contributed by atoms with van der Waals surface area (Å²) in [7, 11) is 0. The summed E-state index contributed by atoms with van der Waals surface area (Å²) in [5.41, 5.74) is 10.4. The van der Waals surface area contributed by atoms with Crippen molar-refractivity contribution in [2.24, 2.45) is 0 Å². The van der Waals surface area contributed by atoms with Gasteiger partial charge >= 0.3 is 6.03 Å². The molecular formula is C21H22Cl2N4O. The van der Waals surface area contributed by atoms with Crippen LogP contribution in [0, 0.1) is 13.8 Å². The lowest BCUT2D eigenvalue weighted by Gasteiger charge is -2.17. The molecule has 0 bridgehead atoms. The van der Waals surface area contributed by atoms with Crippen molar-refractivity contribution in [3.8, 4) is 0 Å². The van der Waals surface area contributed by atoms with Crippen LogP contribution in [0.4, 0.5) is 16.3 Å². The average molecular weight is 417 g/mol. The van der Waals surface area contributed by atoms with Crippen LogP contribution < -0.4 is 16.2 Å². The fraction of sp³-hybridized carbons (Fsp3) is 0.238. The maximum Gasteiger partial charge on any atom is 0.337 e. The molecule has 28 heavy (non-hydrogen) atoms. The zero-order chi connectivity index (χ0) is 20.4. The molecule has 0 radical (unpaired) electrons. The summed E-state index contributed by atoms with van der Waals surface area (Å²) in [6.45, 7) is 8.41. The molecule has 0 saturated carbocycles. The fourth-order valence-electron chi connectivity index (χ4n) is 3.11. The fourth-order valence-corrected chi connectivity index (χ4v) is 3.63. The number of halogens is 2. The van der Waals surface area contributed by atoms with E-state index in [1.54, 1.807) is 18.2 Å². The van der Waals surface area contributed by atoms with E-state index in [2.05, 4.69) is 49.1 Å². The number of nitrogens with one attached hydrogen (secondary N) is 3. The molecule has 2 aromatic carbocycles. The number of amides is 2. The van der Waals surface area contributed by atoms with Crippen LogP contribution in [0.3, 0.4) is 0 Å². The molecule has 0 spiro atoms. The maximum absolute atomic E-state index is 12.2. The number of hydrogen-bond acceptors (Lipinski definition) is 3. The van der Waals surface area contributed by atoms with Gasteiger partial charge < -0.3 is 5.32 Å². The van der Waals surface area contributed by atoms with E-state index in [0.717, 1.165) is 11.1 Å². The second-order valence-corrected chi connectivity index (χ2v) is 7.91. The molecule has 0 aliphatic carbocycles. The lowest BCUT2D eigenvalue weighted by atomic mass is 9.94. The first-order chi connectivity index (χ1) is 13.2. The lowest BCUT2D eigenvalue weighted by molar-refractivity contribution is 0.254. The van der Waals surface area contributed by atoms with Crippen LogP contribution in [0.25, 0.3) is 10.9 Å². The Labute approximate surface area is 174 Å². The number of rotatable bonds is 4. The van der Waals surface area contributed by atoms with Gasteiger partial charge in [0.25, 0.3) is 0 Å². The van der Waals surface area contributed by atoms with Gasteiger partial charge in [0.1, 0.15) is 5.82 Å². The zero-order valence-electron chi connectivity index (χ0n) is 16.2. The Balaban J connectivity index is 1.82. The van der Waals surface area contributed by atoms with Crippen LogP contribution in [-0.2, 0) is 0 Å². The largest absolute Gasteiger partial charge is 0.337 e. The molecule has 7 heteroatoms. The molecule has 0 atom stereocenters. The first-order valence-electron chi connectivity index (χ1n) is 8.94. The Bertz CT molecular complexity index is 1030. The summed E-state index contributed by atoms with van der Waals surface area (Å²) in [5, 5.41) is 4.73. The second-order valence-electron chi connectivity index (χ2n) is 7.04. The average Bonchev–Trinajstić information content (AvgIpc) is 2.61.